The average Bonchev–Trinajstić information content (AvgIpc) is 2.47. The number of hydrogen-bond donors (Lipinski definition) is 1. The highest BCUT2D eigenvalue weighted by Gasteiger charge is 2.31. The number of hydrogen-bond acceptors (Lipinski definition) is 5. The second kappa shape index (κ2) is 7.10. The van der Waals surface area contributed by atoms with Crippen molar-refractivity contribution in [3.63, 3.8) is 0 Å². The van der Waals surface area contributed by atoms with Gasteiger partial charge in [0.05, 0.1) is 11.3 Å². The molecule has 5 nitrogen and oxygen atoms in total. The van der Waals surface area contributed by atoms with Gasteiger partial charge in [-0.1, -0.05) is 0 Å². The van der Waals surface area contributed by atoms with Crippen LogP contribution in [-0.4, -0.2) is 6.61 Å². The van der Waals surface area contributed by atoms with Gasteiger partial charge in [-0.2, -0.15) is 37.7 Å². The van der Waals surface area contributed by atoms with Crippen molar-refractivity contribution in [1.82, 2.24) is 0 Å². The monoisotopic (exact) mass is 328 g/mol. The van der Waals surface area contributed by atoms with E-state index in [0.717, 1.165) is 0 Å². The van der Waals surface area contributed by atoms with Crippen LogP contribution in [0.25, 0.3) is 0 Å². The van der Waals surface area contributed by atoms with Gasteiger partial charge in [0.25, 0.3) is 0 Å². The molecule has 1 rings (SSSR count). The summed E-state index contributed by atoms with van der Waals surface area (Å²) >= 11 is 0. The highest BCUT2D eigenvalue weighted by molar-refractivity contribution is 5.65. The Morgan fingerprint density at radius 1 is 1.09 bits per heavy atom. The van der Waals surface area contributed by atoms with Crippen LogP contribution < -0.4 is 10.1 Å². The number of nitrogens with one attached hydrogen (secondary N) is 1. The molecule has 0 atom stereocenters. The summed E-state index contributed by atoms with van der Waals surface area (Å²) < 4.78 is 66.6. The third-order valence-electron chi connectivity index (χ3n) is 2.37. The van der Waals surface area contributed by atoms with Crippen LogP contribution in [0.1, 0.15) is 5.56 Å². The highest BCUT2D eigenvalue weighted by Crippen LogP contribution is 2.36. The normalized spacial score (nSPS) is 10.2. The molecule has 0 amide bonds. The van der Waals surface area contributed by atoms with Crippen LogP contribution in [0.4, 0.5) is 27.6 Å². The zero-order valence-corrected chi connectivity index (χ0v) is 10.9. The number of anilines is 1. The van der Waals surface area contributed by atoms with Gasteiger partial charge in [-0.3, -0.25) is 0 Å². The molecule has 0 radical (unpaired) electrons. The smallest absolute Gasteiger partial charge is 0.416 e. The van der Waals surface area contributed by atoms with Crippen molar-refractivity contribution in [2.45, 2.75) is 12.8 Å². The van der Waals surface area contributed by atoms with E-state index in [9.17, 15) is 22.0 Å². The van der Waals surface area contributed by atoms with Crippen molar-refractivity contribution in [2.75, 3.05) is 5.32 Å². The number of ether oxygens (including phenoxy) is 1. The van der Waals surface area contributed by atoms with Gasteiger partial charge < -0.3 is 10.1 Å². The zero-order chi connectivity index (χ0) is 17.6. The van der Waals surface area contributed by atoms with E-state index in [1.165, 1.54) is 18.2 Å². The van der Waals surface area contributed by atoms with Gasteiger partial charge in [0.1, 0.15) is 29.7 Å². The van der Waals surface area contributed by atoms with Crippen LogP contribution in [-0.2, 0) is 6.18 Å². The number of allylic oxidation sites excluding steroid dienone is 2. The molecule has 0 bridgehead atoms. The molecular formula is C13H5F5N4O. The minimum Gasteiger partial charge on any atom is -0.433 e. The Balaban J connectivity index is 3.42. The van der Waals surface area contributed by atoms with E-state index in [1.807, 2.05) is 5.32 Å². The first kappa shape index (κ1) is 17.7. The summed E-state index contributed by atoms with van der Waals surface area (Å²) in [7, 11) is 0. The van der Waals surface area contributed by atoms with E-state index in [2.05, 4.69) is 4.74 Å². The van der Waals surface area contributed by atoms with Crippen molar-refractivity contribution >= 4 is 5.69 Å². The molecule has 0 saturated carbocycles. The molecule has 0 aliphatic carbocycles. The Kier molecular flexibility index (Phi) is 5.47. The van der Waals surface area contributed by atoms with Crippen LogP contribution in [0.5, 0.6) is 5.75 Å². The van der Waals surface area contributed by atoms with Crippen LogP contribution in [0.2, 0.25) is 0 Å². The van der Waals surface area contributed by atoms with Gasteiger partial charge in [0.15, 0.2) is 5.57 Å². The van der Waals surface area contributed by atoms with Crippen molar-refractivity contribution in [3.8, 4) is 24.0 Å². The second-order valence-electron chi connectivity index (χ2n) is 3.80. The standard InChI is InChI=1S/C13H5F5N4O/c14-12(15)23-11-2-1-8(13(16,17)18)3-9(11)22-10(6-21)7(4-19)5-20/h1-3,12,22H. The molecule has 0 aliphatic rings. The molecule has 0 spiro atoms. The molecule has 1 aromatic rings. The quantitative estimate of drug-likeness (QED) is 0.674. The maximum absolute atomic E-state index is 12.7. The Hall–Kier alpha value is -3.32. The van der Waals surface area contributed by atoms with E-state index in [1.54, 1.807) is 0 Å². The SMILES string of the molecule is N#CC(C#N)=C(C#N)Nc1cc(C(F)(F)F)ccc1OC(F)F. The lowest BCUT2D eigenvalue weighted by Gasteiger charge is -2.15. The van der Waals surface area contributed by atoms with Gasteiger partial charge in [-0.05, 0) is 18.2 Å². The summed E-state index contributed by atoms with van der Waals surface area (Å²) in [5.74, 6) is -0.684. The number of halogens is 5. The fraction of sp³-hybridized carbons (Fsp3) is 0.154. The lowest BCUT2D eigenvalue weighted by atomic mass is 10.1. The van der Waals surface area contributed by atoms with Crippen molar-refractivity contribution < 1.29 is 26.7 Å². The van der Waals surface area contributed by atoms with Gasteiger partial charge in [0, 0.05) is 0 Å². The summed E-state index contributed by atoms with van der Waals surface area (Å²) in [6.07, 6.45) is -4.77. The maximum atomic E-state index is 12.7. The van der Waals surface area contributed by atoms with Crippen LogP contribution >= 0.6 is 0 Å². The average molecular weight is 328 g/mol. The first-order valence-corrected chi connectivity index (χ1v) is 5.60. The Morgan fingerprint density at radius 3 is 2.13 bits per heavy atom. The third-order valence-corrected chi connectivity index (χ3v) is 2.37. The molecule has 1 N–H and O–H groups in total. The van der Waals surface area contributed by atoms with Crippen molar-refractivity contribution in [2.24, 2.45) is 0 Å². The lowest BCUT2D eigenvalue weighted by molar-refractivity contribution is -0.137. The maximum Gasteiger partial charge on any atom is 0.416 e. The van der Waals surface area contributed by atoms with Gasteiger partial charge >= 0.3 is 12.8 Å². The second-order valence-corrected chi connectivity index (χ2v) is 3.80. The van der Waals surface area contributed by atoms with E-state index >= 15 is 0 Å². The van der Waals surface area contributed by atoms with Gasteiger partial charge in [-0.15, -0.1) is 0 Å². The third kappa shape index (κ3) is 4.58. The topological polar surface area (TPSA) is 92.6 Å². The lowest BCUT2D eigenvalue weighted by Crippen LogP contribution is -2.10. The molecule has 23 heavy (non-hydrogen) atoms. The molecular weight excluding hydrogens is 323 g/mol. The summed E-state index contributed by atoms with van der Waals surface area (Å²) in [5, 5.41) is 28.2. The molecule has 0 heterocycles. The molecule has 0 aliphatic heterocycles. The fourth-order valence-corrected chi connectivity index (χ4v) is 1.42. The van der Waals surface area contributed by atoms with Crippen LogP contribution in [0.15, 0.2) is 29.5 Å². The Bertz CT molecular complexity index is 734. The fourth-order valence-electron chi connectivity index (χ4n) is 1.42. The van der Waals surface area contributed by atoms with Gasteiger partial charge in [-0.25, -0.2) is 0 Å². The number of benzene rings is 1. The Labute approximate surface area is 126 Å². The molecule has 1 aromatic carbocycles. The molecule has 10 heteroatoms. The molecule has 0 aromatic heterocycles. The minimum absolute atomic E-state index is 0.418. The molecule has 0 unspecified atom stereocenters. The molecule has 118 valence electrons. The number of nitriles is 3. The summed E-state index contributed by atoms with van der Waals surface area (Å²) in [5.41, 5.74) is -3.27. The predicted octanol–water partition coefficient (Wildman–Crippen LogP) is 3.54. The van der Waals surface area contributed by atoms with E-state index in [0.29, 0.717) is 18.2 Å². The first-order valence-electron chi connectivity index (χ1n) is 5.60. The minimum atomic E-state index is -4.77. The largest absolute Gasteiger partial charge is 0.433 e. The zero-order valence-electron chi connectivity index (χ0n) is 10.9. The predicted molar refractivity (Wildman–Crippen MR) is 65.6 cm³/mol. The number of rotatable bonds is 4. The summed E-state index contributed by atoms with van der Waals surface area (Å²) in [6, 6.07) is 5.65. The number of alkyl halides is 5. The van der Waals surface area contributed by atoms with E-state index in [4.69, 9.17) is 15.8 Å². The highest BCUT2D eigenvalue weighted by atomic mass is 19.4. The van der Waals surface area contributed by atoms with Crippen molar-refractivity contribution in [1.29, 1.82) is 15.8 Å². The molecule has 0 fully saturated rings. The number of nitrogens with zero attached hydrogens (tertiary/aromatic N) is 3. The van der Waals surface area contributed by atoms with Crippen LogP contribution in [0, 0.1) is 34.0 Å². The molecule has 0 saturated heterocycles. The first-order chi connectivity index (χ1) is 10.7. The summed E-state index contributed by atoms with van der Waals surface area (Å²) in [6.45, 7) is -3.33. The van der Waals surface area contributed by atoms with Crippen LogP contribution in [0.3, 0.4) is 0 Å². The van der Waals surface area contributed by atoms with E-state index < -0.39 is 41.1 Å². The summed E-state index contributed by atoms with van der Waals surface area (Å²) in [4.78, 5) is 0. The Morgan fingerprint density at radius 2 is 1.70 bits per heavy atom. The van der Waals surface area contributed by atoms with Gasteiger partial charge in [0.2, 0.25) is 0 Å². The van der Waals surface area contributed by atoms with Crippen molar-refractivity contribution in [3.05, 3.63) is 35.0 Å². The van der Waals surface area contributed by atoms with E-state index in [-0.39, 0.29) is 0 Å².